The van der Waals surface area contributed by atoms with Gasteiger partial charge in [0.25, 0.3) is 0 Å². The Kier molecular flexibility index (Phi) is 5.43. The normalized spacial score (nSPS) is 11.2. The predicted octanol–water partition coefficient (Wildman–Crippen LogP) is 4.78. The van der Waals surface area contributed by atoms with Crippen molar-refractivity contribution in [1.82, 2.24) is 5.32 Å². The maximum atomic E-state index is 14.0. The first-order chi connectivity index (χ1) is 9.16. The Balaban J connectivity index is 2.11. The Morgan fingerprint density at radius 2 is 2.11 bits per heavy atom. The van der Waals surface area contributed by atoms with Crippen molar-refractivity contribution in [2.45, 2.75) is 29.5 Å². The summed E-state index contributed by atoms with van der Waals surface area (Å²) >= 11 is 3.31. The third kappa shape index (κ3) is 4.34. The molecule has 1 aromatic heterocycles. The maximum absolute atomic E-state index is 14.0. The maximum Gasteiger partial charge on any atom is 0.128 e. The summed E-state index contributed by atoms with van der Waals surface area (Å²) < 4.78 is 15.1. The van der Waals surface area contributed by atoms with Gasteiger partial charge in [0.05, 0.1) is 4.21 Å². The summed E-state index contributed by atoms with van der Waals surface area (Å²) in [5, 5.41) is 5.35. The van der Waals surface area contributed by atoms with Crippen molar-refractivity contribution in [2.24, 2.45) is 5.92 Å². The van der Waals surface area contributed by atoms with Crippen LogP contribution in [0, 0.1) is 11.7 Å². The Morgan fingerprint density at radius 3 is 2.79 bits per heavy atom. The number of thiophene rings is 1. The van der Waals surface area contributed by atoms with E-state index in [1.54, 1.807) is 29.2 Å². The minimum Gasteiger partial charge on any atom is -0.312 e. The highest BCUT2D eigenvalue weighted by molar-refractivity contribution is 8.01. The molecule has 2 rings (SSSR count). The fourth-order valence-electron chi connectivity index (χ4n) is 1.72. The van der Waals surface area contributed by atoms with E-state index in [0.717, 1.165) is 17.0 Å². The van der Waals surface area contributed by atoms with Crippen LogP contribution in [0.1, 0.15) is 19.4 Å². The van der Waals surface area contributed by atoms with Crippen LogP contribution in [0.5, 0.6) is 0 Å². The number of hydrogen-bond donors (Lipinski definition) is 1. The van der Waals surface area contributed by atoms with Gasteiger partial charge < -0.3 is 5.32 Å². The molecule has 0 amide bonds. The van der Waals surface area contributed by atoms with Crippen LogP contribution in [-0.4, -0.2) is 6.54 Å². The van der Waals surface area contributed by atoms with E-state index >= 15 is 0 Å². The van der Waals surface area contributed by atoms with Crippen molar-refractivity contribution in [3.63, 3.8) is 0 Å². The van der Waals surface area contributed by atoms with Crippen LogP contribution in [0.2, 0.25) is 0 Å². The zero-order valence-electron chi connectivity index (χ0n) is 11.2. The van der Waals surface area contributed by atoms with E-state index in [4.69, 9.17) is 0 Å². The molecule has 0 bridgehead atoms. The largest absolute Gasteiger partial charge is 0.312 e. The van der Waals surface area contributed by atoms with E-state index in [-0.39, 0.29) is 5.82 Å². The number of benzene rings is 1. The Hall–Kier alpha value is -0.840. The van der Waals surface area contributed by atoms with E-state index in [1.807, 2.05) is 17.5 Å². The molecule has 1 N–H and O–H groups in total. The first kappa shape index (κ1) is 14.6. The molecule has 0 atom stereocenters. The van der Waals surface area contributed by atoms with E-state index in [2.05, 4.69) is 25.2 Å². The molecule has 0 fully saturated rings. The molecule has 19 heavy (non-hydrogen) atoms. The van der Waals surface area contributed by atoms with Gasteiger partial charge in [0.1, 0.15) is 5.82 Å². The van der Waals surface area contributed by atoms with Crippen LogP contribution < -0.4 is 5.32 Å². The van der Waals surface area contributed by atoms with Crippen LogP contribution in [0.25, 0.3) is 0 Å². The molecule has 1 aromatic carbocycles. The second-order valence-corrected chi connectivity index (χ2v) is 7.07. The number of nitrogens with one attached hydrogen (secondary N) is 1. The fraction of sp³-hybridized carbons (Fsp3) is 0.333. The van der Waals surface area contributed by atoms with Crippen molar-refractivity contribution in [3.05, 3.63) is 47.1 Å². The number of hydrogen-bond acceptors (Lipinski definition) is 3. The lowest BCUT2D eigenvalue weighted by molar-refractivity contribution is 0.530. The van der Waals surface area contributed by atoms with Crippen molar-refractivity contribution < 1.29 is 4.39 Å². The molecule has 0 spiro atoms. The van der Waals surface area contributed by atoms with Crippen molar-refractivity contribution in [2.75, 3.05) is 6.54 Å². The van der Waals surface area contributed by atoms with Gasteiger partial charge in [-0.15, -0.1) is 11.3 Å². The van der Waals surface area contributed by atoms with Gasteiger partial charge in [-0.25, -0.2) is 4.39 Å². The lowest BCUT2D eigenvalue weighted by Crippen LogP contribution is -2.20. The number of halogens is 1. The highest BCUT2D eigenvalue weighted by Gasteiger charge is 2.10. The van der Waals surface area contributed by atoms with Crippen LogP contribution in [0.15, 0.2) is 44.8 Å². The van der Waals surface area contributed by atoms with Crippen LogP contribution in [0.3, 0.4) is 0 Å². The van der Waals surface area contributed by atoms with Gasteiger partial charge in [0, 0.05) is 17.0 Å². The van der Waals surface area contributed by atoms with Gasteiger partial charge in [0.2, 0.25) is 0 Å². The Morgan fingerprint density at radius 1 is 1.26 bits per heavy atom. The summed E-state index contributed by atoms with van der Waals surface area (Å²) in [5.74, 6) is 0.443. The first-order valence-electron chi connectivity index (χ1n) is 6.36. The highest BCUT2D eigenvalue weighted by Crippen LogP contribution is 2.34. The molecule has 4 heteroatoms. The molecule has 0 radical (unpaired) electrons. The van der Waals surface area contributed by atoms with Gasteiger partial charge in [-0.3, -0.25) is 0 Å². The van der Waals surface area contributed by atoms with Crippen molar-refractivity contribution >= 4 is 23.1 Å². The summed E-state index contributed by atoms with van der Waals surface area (Å²) in [5.41, 5.74) is 0.765. The fourth-order valence-corrected chi connectivity index (χ4v) is 3.60. The minimum absolute atomic E-state index is 0.127. The molecule has 102 valence electrons. The van der Waals surface area contributed by atoms with Crippen LogP contribution in [0.4, 0.5) is 4.39 Å². The average molecular weight is 295 g/mol. The summed E-state index contributed by atoms with van der Waals surface area (Å²) in [6.45, 7) is 5.78. The second-order valence-electron chi connectivity index (χ2n) is 4.78. The third-order valence-corrected chi connectivity index (χ3v) is 4.78. The topological polar surface area (TPSA) is 12.0 Å². The summed E-state index contributed by atoms with van der Waals surface area (Å²) in [4.78, 5) is 0.999. The van der Waals surface area contributed by atoms with E-state index in [9.17, 15) is 4.39 Å². The molecular formula is C15H18FNS2. The smallest absolute Gasteiger partial charge is 0.128 e. The standard InChI is InChI=1S/C15H18FNS2/c1-11(2)9-17-10-12-13(16)5-3-6-14(12)19-15-7-4-8-18-15/h3-8,11,17H,9-10H2,1-2H3. The molecule has 0 saturated heterocycles. The van der Waals surface area contributed by atoms with E-state index in [1.165, 1.54) is 10.3 Å². The quantitative estimate of drug-likeness (QED) is 0.822. The zero-order chi connectivity index (χ0) is 13.7. The molecule has 1 nitrogen and oxygen atoms in total. The molecular weight excluding hydrogens is 277 g/mol. The first-order valence-corrected chi connectivity index (χ1v) is 8.06. The molecule has 0 aliphatic rings. The Labute approximate surface area is 122 Å². The number of rotatable bonds is 6. The highest BCUT2D eigenvalue weighted by atomic mass is 32.2. The van der Waals surface area contributed by atoms with Gasteiger partial charge in [-0.1, -0.05) is 37.7 Å². The molecule has 0 unspecified atom stereocenters. The molecule has 0 aliphatic heterocycles. The summed E-state index contributed by atoms with van der Waals surface area (Å²) in [7, 11) is 0. The van der Waals surface area contributed by atoms with Gasteiger partial charge >= 0.3 is 0 Å². The SMILES string of the molecule is CC(C)CNCc1c(F)cccc1Sc1cccs1. The lowest BCUT2D eigenvalue weighted by Gasteiger charge is -2.12. The van der Waals surface area contributed by atoms with Gasteiger partial charge in [-0.05, 0) is 36.0 Å². The van der Waals surface area contributed by atoms with Crippen molar-refractivity contribution in [1.29, 1.82) is 0 Å². The average Bonchev–Trinajstić information content (AvgIpc) is 2.85. The summed E-state index contributed by atoms with van der Waals surface area (Å²) in [6.07, 6.45) is 0. The van der Waals surface area contributed by atoms with Crippen LogP contribution in [-0.2, 0) is 6.54 Å². The molecule has 0 saturated carbocycles. The van der Waals surface area contributed by atoms with Crippen LogP contribution >= 0.6 is 23.1 Å². The van der Waals surface area contributed by atoms with E-state index in [0.29, 0.717) is 12.5 Å². The minimum atomic E-state index is -0.127. The lowest BCUT2D eigenvalue weighted by atomic mass is 10.2. The van der Waals surface area contributed by atoms with Gasteiger partial charge in [0.15, 0.2) is 0 Å². The molecule has 2 aromatic rings. The summed E-state index contributed by atoms with van der Waals surface area (Å²) in [6, 6.07) is 9.37. The Bertz CT molecular complexity index is 509. The monoisotopic (exact) mass is 295 g/mol. The molecule has 1 heterocycles. The van der Waals surface area contributed by atoms with Gasteiger partial charge in [-0.2, -0.15) is 0 Å². The van der Waals surface area contributed by atoms with E-state index < -0.39 is 0 Å². The second kappa shape index (κ2) is 7.08. The third-order valence-electron chi connectivity index (χ3n) is 2.64. The molecule has 0 aliphatic carbocycles. The van der Waals surface area contributed by atoms with Crippen molar-refractivity contribution in [3.8, 4) is 0 Å². The predicted molar refractivity (Wildman–Crippen MR) is 81.4 cm³/mol. The zero-order valence-corrected chi connectivity index (χ0v) is 12.8.